The zero-order valence-electron chi connectivity index (χ0n) is 17.2. The molecule has 0 saturated carbocycles. The highest BCUT2D eigenvalue weighted by atomic mass is 32.1. The monoisotopic (exact) mass is 477 g/mol. The van der Waals surface area contributed by atoms with Crippen molar-refractivity contribution < 1.29 is 32.0 Å². The second-order valence-corrected chi connectivity index (χ2v) is 9.01. The third-order valence-electron chi connectivity index (χ3n) is 5.95. The van der Waals surface area contributed by atoms with Crippen molar-refractivity contribution in [3.8, 4) is 0 Å². The minimum absolute atomic E-state index is 0.0850. The number of hydrogen-bond acceptors (Lipinski definition) is 6. The van der Waals surface area contributed by atoms with Crippen LogP contribution in [0.2, 0.25) is 0 Å². The van der Waals surface area contributed by atoms with E-state index in [0.717, 1.165) is 21.7 Å². The average molecular weight is 477 g/mol. The molecule has 0 radical (unpaired) electrons. The van der Waals surface area contributed by atoms with Crippen LogP contribution in [0.5, 0.6) is 0 Å². The first kappa shape index (κ1) is 21.7. The maximum atomic E-state index is 13.0. The number of hydrogen-bond donors (Lipinski definition) is 0. The molecule has 2 aliphatic rings. The molecule has 2 aliphatic heterocycles. The Balaban J connectivity index is 1.26. The molecule has 11 heteroatoms. The first-order valence-corrected chi connectivity index (χ1v) is 11.1. The Morgan fingerprint density at radius 2 is 1.82 bits per heavy atom. The van der Waals surface area contributed by atoms with Gasteiger partial charge in [0.05, 0.1) is 39.6 Å². The summed E-state index contributed by atoms with van der Waals surface area (Å²) in [6, 6.07) is 6.96. The van der Waals surface area contributed by atoms with Crippen molar-refractivity contribution >= 4 is 45.0 Å². The lowest BCUT2D eigenvalue weighted by Crippen LogP contribution is -2.53. The van der Waals surface area contributed by atoms with Crippen molar-refractivity contribution in [1.82, 2.24) is 9.80 Å². The lowest BCUT2D eigenvalue weighted by molar-refractivity contribution is -0.137. The van der Waals surface area contributed by atoms with E-state index in [4.69, 9.17) is 4.42 Å². The fourth-order valence-corrected chi connectivity index (χ4v) is 5.21. The van der Waals surface area contributed by atoms with E-state index in [2.05, 4.69) is 0 Å². The van der Waals surface area contributed by atoms with Gasteiger partial charge in [-0.05, 0) is 24.3 Å². The van der Waals surface area contributed by atoms with Gasteiger partial charge in [-0.25, -0.2) is 4.90 Å². The predicted molar refractivity (Wildman–Crippen MR) is 114 cm³/mol. The predicted octanol–water partition coefficient (Wildman–Crippen LogP) is 3.60. The Bertz CT molecular complexity index is 1210. The average Bonchev–Trinajstić information content (AvgIpc) is 3.46. The summed E-state index contributed by atoms with van der Waals surface area (Å²) in [6.07, 6.45) is -3.11. The Labute approximate surface area is 190 Å². The third-order valence-corrected chi connectivity index (χ3v) is 7.02. The highest BCUT2D eigenvalue weighted by Crippen LogP contribution is 2.34. The summed E-state index contributed by atoms with van der Waals surface area (Å²) in [5, 5.41) is 0. The second kappa shape index (κ2) is 7.99. The van der Waals surface area contributed by atoms with Gasteiger partial charge in [-0.2, -0.15) is 13.2 Å². The Morgan fingerprint density at radius 1 is 1.06 bits per heavy atom. The van der Waals surface area contributed by atoms with Crippen molar-refractivity contribution in [2.75, 3.05) is 31.1 Å². The normalized spacial score (nSPS) is 20.3. The van der Waals surface area contributed by atoms with Gasteiger partial charge < -0.3 is 9.32 Å². The summed E-state index contributed by atoms with van der Waals surface area (Å²) < 4.78 is 45.3. The zero-order valence-corrected chi connectivity index (χ0v) is 18.0. The summed E-state index contributed by atoms with van der Waals surface area (Å²) >= 11 is 1.35. The van der Waals surface area contributed by atoms with Crippen molar-refractivity contribution in [3.05, 3.63) is 53.1 Å². The van der Waals surface area contributed by atoms with Crippen LogP contribution < -0.4 is 4.90 Å². The van der Waals surface area contributed by atoms with Crippen LogP contribution >= 0.6 is 11.3 Å². The topological polar surface area (TPSA) is 74.1 Å². The molecule has 1 atom stereocenters. The van der Waals surface area contributed by atoms with Crippen molar-refractivity contribution in [1.29, 1.82) is 0 Å². The summed E-state index contributed by atoms with van der Waals surface area (Å²) in [7, 11) is 0. The number of piperazine rings is 1. The highest BCUT2D eigenvalue weighted by molar-refractivity contribution is 7.20. The molecule has 33 heavy (non-hydrogen) atoms. The molecular weight excluding hydrogens is 459 g/mol. The fourth-order valence-electron chi connectivity index (χ4n) is 4.26. The van der Waals surface area contributed by atoms with Crippen LogP contribution in [0.4, 0.5) is 18.9 Å². The van der Waals surface area contributed by atoms with Crippen LogP contribution in [0.3, 0.4) is 0 Å². The number of rotatable bonds is 3. The van der Waals surface area contributed by atoms with Crippen LogP contribution in [-0.2, 0) is 15.8 Å². The number of carbonyl (C=O) groups is 3. The largest absolute Gasteiger partial charge is 0.463 e. The van der Waals surface area contributed by atoms with Gasteiger partial charge >= 0.3 is 6.18 Å². The van der Waals surface area contributed by atoms with Crippen LogP contribution in [-0.4, -0.2) is 59.7 Å². The first-order valence-electron chi connectivity index (χ1n) is 10.3. The molecule has 1 aromatic carbocycles. The lowest BCUT2D eigenvalue weighted by Gasteiger charge is -2.36. The van der Waals surface area contributed by atoms with Crippen molar-refractivity contribution in [2.24, 2.45) is 0 Å². The van der Waals surface area contributed by atoms with Crippen LogP contribution in [0, 0.1) is 0 Å². The maximum Gasteiger partial charge on any atom is 0.416 e. The van der Waals surface area contributed by atoms with E-state index in [0.29, 0.717) is 36.6 Å². The van der Waals surface area contributed by atoms with Gasteiger partial charge in [0, 0.05) is 32.2 Å². The Morgan fingerprint density at radius 3 is 2.52 bits per heavy atom. The molecule has 0 bridgehead atoms. The number of furan rings is 1. The van der Waals surface area contributed by atoms with Crippen LogP contribution in [0.25, 0.3) is 10.3 Å². The maximum absolute atomic E-state index is 13.0. The molecular formula is C22H18F3N3O4S. The molecule has 7 nitrogen and oxygen atoms in total. The molecule has 5 rings (SSSR count). The third kappa shape index (κ3) is 3.91. The number of alkyl halides is 3. The second-order valence-electron chi connectivity index (χ2n) is 7.92. The molecule has 3 aromatic rings. The molecule has 0 spiro atoms. The molecule has 2 aromatic heterocycles. The van der Waals surface area contributed by atoms with Gasteiger partial charge in [-0.1, -0.05) is 6.07 Å². The highest BCUT2D eigenvalue weighted by Gasteiger charge is 2.44. The number of benzene rings is 1. The van der Waals surface area contributed by atoms with E-state index in [1.807, 2.05) is 4.90 Å². The van der Waals surface area contributed by atoms with E-state index >= 15 is 0 Å². The summed E-state index contributed by atoms with van der Waals surface area (Å²) in [4.78, 5) is 43.2. The van der Waals surface area contributed by atoms with E-state index in [1.54, 1.807) is 23.3 Å². The van der Waals surface area contributed by atoms with E-state index in [1.165, 1.54) is 23.5 Å². The van der Waals surface area contributed by atoms with Gasteiger partial charge in [-0.15, -0.1) is 11.3 Å². The molecule has 0 N–H and O–H groups in total. The van der Waals surface area contributed by atoms with Gasteiger partial charge in [0.25, 0.3) is 11.8 Å². The minimum atomic E-state index is -4.57. The minimum Gasteiger partial charge on any atom is -0.463 e. The molecule has 2 saturated heterocycles. The number of nitrogens with zero attached hydrogens (tertiary/aromatic N) is 3. The van der Waals surface area contributed by atoms with Crippen molar-refractivity contribution in [2.45, 2.75) is 18.6 Å². The SMILES string of the molecule is O=C(c1cc2occc2s1)N1CCN(C2CC(=O)N(c3cccc(C(F)(F)F)c3)C2=O)CC1. The molecule has 1 unspecified atom stereocenters. The van der Waals surface area contributed by atoms with Gasteiger partial charge in [0.1, 0.15) is 5.58 Å². The van der Waals surface area contributed by atoms with Crippen LogP contribution in [0.1, 0.15) is 21.7 Å². The van der Waals surface area contributed by atoms with E-state index in [9.17, 15) is 27.6 Å². The van der Waals surface area contributed by atoms with Crippen molar-refractivity contribution in [3.63, 3.8) is 0 Å². The fraction of sp³-hybridized carbons (Fsp3) is 0.318. The van der Waals surface area contributed by atoms with Gasteiger partial charge in [0.2, 0.25) is 5.91 Å². The number of thiophene rings is 1. The standard InChI is InChI=1S/C22H18F3N3O4S/c23-22(24,25)13-2-1-3-14(10-13)28-19(29)11-15(20(28)30)26-5-7-27(8-6-26)21(31)18-12-16-17(33-18)4-9-32-16/h1-4,9-10,12,15H,5-8,11H2. The first-order chi connectivity index (χ1) is 15.7. The molecule has 172 valence electrons. The number of halogens is 3. The number of fused-ring (bicyclic) bond motifs is 1. The Hall–Kier alpha value is -3.18. The zero-order chi connectivity index (χ0) is 23.3. The number of imide groups is 1. The Kier molecular flexibility index (Phi) is 5.25. The molecule has 2 fully saturated rings. The van der Waals surface area contributed by atoms with Crippen LogP contribution in [0.15, 0.2) is 47.1 Å². The number of anilines is 1. The number of carbonyl (C=O) groups excluding carboxylic acids is 3. The molecule has 4 heterocycles. The van der Waals surface area contributed by atoms with E-state index < -0.39 is 29.6 Å². The van der Waals surface area contributed by atoms with Gasteiger partial charge in [0.15, 0.2) is 0 Å². The molecule has 0 aliphatic carbocycles. The molecule has 3 amide bonds. The summed E-state index contributed by atoms with van der Waals surface area (Å²) in [5.74, 6) is -1.20. The quantitative estimate of drug-likeness (QED) is 0.539. The smallest absolute Gasteiger partial charge is 0.416 e. The lowest BCUT2D eigenvalue weighted by atomic mass is 10.1. The van der Waals surface area contributed by atoms with Gasteiger partial charge in [-0.3, -0.25) is 19.3 Å². The number of amides is 3. The van der Waals surface area contributed by atoms with E-state index in [-0.39, 0.29) is 18.0 Å². The summed E-state index contributed by atoms with van der Waals surface area (Å²) in [6.45, 7) is 1.51. The summed E-state index contributed by atoms with van der Waals surface area (Å²) in [5.41, 5.74) is -0.346.